The van der Waals surface area contributed by atoms with E-state index < -0.39 is 0 Å². The Morgan fingerprint density at radius 1 is 1.14 bits per heavy atom. The van der Waals surface area contributed by atoms with Gasteiger partial charge in [-0.05, 0) is 25.7 Å². The minimum absolute atomic E-state index is 0.0160. The topological polar surface area (TPSA) is 67.2 Å². The number of nitrogens with one attached hydrogen (secondary N) is 1. The van der Waals surface area contributed by atoms with Crippen LogP contribution < -0.4 is 5.32 Å². The third-order valence-corrected chi connectivity index (χ3v) is 4.94. The third-order valence-electron chi connectivity index (χ3n) is 4.94. The smallest absolute Gasteiger partial charge is 0.229 e. The van der Waals surface area contributed by atoms with Gasteiger partial charge in [-0.1, -0.05) is 12.8 Å². The first kappa shape index (κ1) is 15.1. The molecule has 1 N–H and O–H groups in total. The van der Waals surface area contributed by atoms with E-state index in [9.17, 15) is 9.59 Å². The summed E-state index contributed by atoms with van der Waals surface area (Å²) in [6.07, 6.45) is 9.40. The number of amides is 2. The molecule has 2 amide bonds. The number of carbonyl (C=O) groups excluding carboxylic acids is 2. The monoisotopic (exact) mass is 304 g/mol. The highest BCUT2D eigenvalue weighted by atomic mass is 16.2. The van der Waals surface area contributed by atoms with Crippen molar-refractivity contribution in [3.05, 3.63) is 12.4 Å². The number of carbonyl (C=O) groups is 2. The number of nitrogens with zero attached hydrogens (tertiary/aromatic N) is 3. The van der Waals surface area contributed by atoms with Gasteiger partial charge in [-0.3, -0.25) is 14.9 Å². The summed E-state index contributed by atoms with van der Waals surface area (Å²) in [5.41, 5.74) is 0. The van der Waals surface area contributed by atoms with Crippen LogP contribution in [0, 0.1) is 11.8 Å². The molecule has 6 heteroatoms. The second-order valence-electron chi connectivity index (χ2n) is 6.43. The van der Waals surface area contributed by atoms with Gasteiger partial charge in [-0.25, -0.2) is 4.98 Å². The Bertz CT molecular complexity index is 540. The SMILES string of the molecule is Cn1ccnc1NC(=O)C1CCN(C(=O)C2CCCC2)CC1. The highest BCUT2D eigenvalue weighted by Crippen LogP contribution is 2.28. The maximum Gasteiger partial charge on any atom is 0.229 e. The fourth-order valence-corrected chi connectivity index (χ4v) is 3.49. The average Bonchev–Trinajstić information content (AvgIpc) is 3.19. The van der Waals surface area contributed by atoms with Gasteiger partial charge < -0.3 is 9.47 Å². The first-order valence-corrected chi connectivity index (χ1v) is 8.22. The first-order chi connectivity index (χ1) is 10.6. The van der Waals surface area contributed by atoms with Crippen LogP contribution in [0.3, 0.4) is 0 Å². The van der Waals surface area contributed by atoms with Gasteiger partial charge in [-0.15, -0.1) is 0 Å². The lowest BCUT2D eigenvalue weighted by molar-refractivity contribution is -0.138. The quantitative estimate of drug-likeness (QED) is 0.925. The molecule has 1 aliphatic carbocycles. The summed E-state index contributed by atoms with van der Waals surface area (Å²) in [6.45, 7) is 1.40. The first-order valence-electron chi connectivity index (χ1n) is 8.22. The number of anilines is 1. The minimum Gasteiger partial charge on any atom is -0.342 e. The molecule has 1 aromatic heterocycles. The molecule has 0 radical (unpaired) electrons. The van der Waals surface area contributed by atoms with Crippen molar-refractivity contribution in [1.29, 1.82) is 0 Å². The van der Waals surface area contributed by atoms with E-state index in [-0.39, 0.29) is 17.7 Å². The van der Waals surface area contributed by atoms with E-state index in [1.165, 1.54) is 12.8 Å². The van der Waals surface area contributed by atoms with Crippen LogP contribution in [0.1, 0.15) is 38.5 Å². The second kappa shape index (κ2) is 6.50. The Morgan fingerprint density at radius 3 is 2.41 bits per heavy atom. The molecule has 0 spiro atoms. The molecule has 22 heavy (non-hydrogen) atoms. The van der Waals surface area contributed by atoms with Crippen molar-refractivity contribution in [3.8, 4) is 0 Å². The fourth-order valence-electron chi connectivity index (χ4n) is 3.49. The number of aryl methyl sites for hydroxylation is 1. The molecule has 1 aromatic rings. The van der Waals surface area contributed by atoms with Gasteiger partial charge in [0.05, 0.1) is 0 Å². The van der Waals surface area contributed by atoms with Gasteiger partial charge >= 0.3 is 0 Å². The van der Waals surface area contributed by atoms with E-state index in [2.05, 4.69) is 10.3 Å². The van der Waals surface area contributed by atoms with Crippen LogP contribution in [-0.2, 0) is 16.6 Å². The molecule has 2 aliphatic rings. The number of likely N-dealkylation sites (tertiary alicyclic amines) is 1. The highest BCUT2D eigenvalue weighted by Gasteiger charge is 2.32. The van der Waals surface area contributed by atoms with Crippen LogP contribution in [0.25, 0.3) is 0 Å². The van der Waals surface area contributed by atoms with Crippen molar-refractivity contribution in [1.82, 2.24) is 14.5 Å². The summed E-state index contributed by atoms with van der Waals surface area (Å²) in [7, 11) is 1.85. The normalized spacial score (nSPS) is 20.3. The van der Waals surface area contributed by atoms with E-state index in [1.54, 1.807) is 17.0 Å². The highest BCUT2D eigenvalue weighted by molar-refractivity contribution is 5.91. The van der Waals surface area contributed by atoms with Crippen molar-refractivity contribution in [2.75, 3.05) is 18.4 Å². The number of piperidine rings is 1. The van der Waals surface area contributed by atoms with Gasteiger partial charge in [0.2, 0.25) is 17.8 Å². The molecule has 1 saturated carbocycles. The summed E-state index contributed by atoms with van der Waals surface area (Å²) >= 11 is 0. The fraction of sp³-hybridized carbons (Fsp3) is 0.688. The summed E-state index contributed by atoms with van der Waals surface area (Å²) in [5, 5.41) is 2.87. The molecule has 0 unspecified atom stereocenters. The van der Waals surface area contributed by atoms with Gasteiger partial charge in [-0.2, -0.15) is 0 Å². The Hall–Kier alpha value is -1.85. The average molecular weight is 304 g/mol. The van der Waals surface area contributed by atoms with E-state index in [0.29, 0.717) is 24.9 Å². The Kier molecular flexibility index (Phi) is 4.45. The third kappa shape index (κ3) is 3.15. The molecule has 2 fully saturated rings. The van der Waals surface area contributed by atoms with Gasteiger partial charge in [0.1, 0.15) is 0 Å². The van der Waals surface area contributed by atoms with Crippen LogP contribution >= 0.6 is 0 Å². The standard InChI is InChI=1S/C16H24N4O2/c1-19-11-8-17-16(19)18-14(21)12-6-9-20(10-7-12)15(22)13-4-2-3-5-13/h8,11-13H,2-7,9-10H2,1H3,(H,17,18,21). The maximum atomic E-state index is 12.4. The van der Waals surface area contributed by atoms with E-state index >= 15 is 0 Å². The second-order valence-corrected chi connectivity index (χ2v) is 6.43. The number of rotatable bonds is 3. The van der Waals surface area contributed by atoms with Crippen molar-refractivity contribution in [3.63, 3.8) is 0 Å². The van der Waals surface area contributed by atoms with E-state index in [1.807, 2.05) is 11.9 Å². The molecule has 1 aliphatic heterocycles. The van der Waals surface area contributed by atoms with Crippen LogP contribution in [-0.4, -0.2) is 39.4 Å². The number of hydrogen-bond acceptors (Lipinski definition) is 3. The van der Waals surface area contributed by atoms with E-state index in [4.69, 9.17) is 0 Å². The lowest BCUT2D eigenvalue weighted by Gasteiger charge is -2.33. The predicted molar refractivity (Wildman–Crippen MR) is 83.1 cm³/mol. The zero-order chi connectivity index (χ0) is 15.5. The van der Waals surface area contributed by atoms with Crippen molar-refractivity contribution < 1.29 is 9.59 Å². The van der Waals surface area contributed by atoms with Crippen LogP contribution in [0.4, 0.5) is 5.95 Å². The maximum absolute atomic E-state index is 12.4. The minimum atomic E-state index is -0.0238. The summed E-state index contributed by atoms with van der Waals surface area (Å²) in [4.78, 5) is 30.7. The summed E-state index contributed by atoms with van der Waals surface area (Å²) in [6, 6.07) is 0. The summed E-state index contributed by atoms with van der Waals surface area (Å²) < 4.78 is 1.79. The van der Waals surface area contributed by atoms with E-state index in [0.717, 1.165) is 25.7 Å². The molecule has 2 heterocycles. The largest absolute Gasteiger partial charge is 0.342 e. The molecule has 6 nitrogen and oxygen atoms in total. The molecule has 0 aromatic carbocycles. The Labute approximate surface area is 130 Å². The number of aromatic nitrogens is 2. The Morgan fingerprint density at radius 2 is 1.82 bits per heavy atom. The molecular formula is C16H24N4O2. The van der Waals surface area contributed by atoms with Gasteiger partial charge in [0, 0.05) is 44.4 Å². The van der Waals surface area contributed by atoms with Crippen molar-refractivity contribution >= 4 is 17.8 Å². The molecule has 3 rings (SSSR count). The zero-order valence-electron chi connectivity index (χ0n) is 13.1. The van der Waals surface area contributed by atoms with Gasteiger partial charge in [0.25, 0.3) is 0 Å². The molecule has 120 valence electrons. The molecule has 0 atom stereocenters. The Balaban J connectivity index is 1.49. The zero-order valence-corrected chi connectivity index (χ0v) is 13.1. The predicted octanol–water partition coefficient (Wildman–Crippen LogP) is 1.79. The lowest BCUT2D eigenvalue weighted by Crippen LogP contribution is -2.43. The summed E-state index contributed by atoms with van der Waals surface area (Å²) in [5.74, 6) is 1.11. The number of hydrogen-bond donors (Lipinski definition) is 1. The van der Waals surface area contributed by atoms with Crippen molar-refractivity contribution in [2.45, 2.75) is 38.5 Å². The van der Waals surface area contributed by atoms with Crippen LogP contribution in [0.15, 0.2) is 12.4 Å². The van der Waals surface area contributed by atoms with Crippen LogP contribution in [0.5, 0.6) is 0 Å². The van der Waals surface area contributed by atoms with Crippen LogP contribution in [0.2, 0.25) is 0 Å². The molecule has 0 bridgehead atoms. The number of imidazole rings is 1. The lowest BCUT2D eigenvalue weighted by atomic mass is 9.94. The van der Waals surface area contributed by atoms with Gasteiger partial charge in [0.15, 0.2) is 0 Å². The van der Waals surface area contributed by atoms with Crippen molar-refractivity contribution in [2.24, 2.45) is 18.9 Å². The molecular weight excluding hydrogens is 280 g/mol. The molecule has 1 saturated heterocycles.